The number of halogens is 4. The van der Waals surface area contributed by atoms with Crippen LogP contribution in [0.2, 0.25) is 0 Å². The number of carbonyl (C=O) groups is 1. The third-order valence-electron chi connectivity index (χ3n) is 4.73. The molecule has 29 heavy (non-hydrogen) atoms. The molecule has 0 saturated carbocycles. The summed E-state index contributed by atoms with van der Waals surface area (Å²) in [7, 11) is 0. The summed E-state index contributed by atoms with van der Waals surface area (Å²) in [4.78, 5) is 24.4. The first kappa shape index (κ1) is 19.1. The normalized spacial score (nSPS) is 17.5. The SMILES string of the molecule is O=C(c1ccc(F)nc1)N1CCCC(c2noc(-c3cc(C(F)(F)F)c[nH]3)n2)C1. The second-order valence-electron chi connectivity index (χ2n) is 6.72. The van der Waals surface area contributed by atoms with Crippen LogP contribution in [0.4, 0.5) is 17.6 Å². The van der Waals surface area contributed by atoms with Crippen molar-refractivity contribution in [2.45, 2.75) is 24.9 Å². The predicted octanol–water partition coefficient (Wildman–Crippen LogP) is 3.64. The van der Waals surface area contributed by atoms with E-state index >= 15 is 0 Å². The van der Waals surface area contributed by atoms with Crippen LogP contribution in [-0.2, 0) is 6.18 Å². The Hall–Kier alpha value is -3.24. The van der Waals surface area contributed by atoms with E-state index in [4.69, 9.17) is 4.52 Å². The monoisotopic (exact) mass is 409 g/mol. The number of aromatic nitrogens is 4. The maximum Gasteiger partial charge on any atom is 0.417 e. The van der Waals surface area contributed by atoms with Crippen LogP contribution in [0.25, 0.3) is 11.6 Å². The first-order valence-corrected chi connectivity index (χ1v) is 8.81. The van der Waals surface area contributed by atoms with Gasteiger partial charge in [-0.05, 0) is 31.0 Å². The number of amides is 1. The van der Waals surface area contributed by atoms with Crippen molar-refractivity contribution in [2.24, 2.45) is 0 Å². The zero-order valence-electron chi connectivity index (χ0n) is 14.9. The third kappa shape index (κ3) is 3.98. The number of hydrogen-bond donors (Lipinski definition) is 1. The Balaban J connectivity index is 1.48. The highest BCUT2D eigenvalue weighted by Crippen LogP contribution is 2.32. The van der Waals surface area contributed by atoms with Crippen LogP contribution in [0.15, 0.2) is 35.1 Å². The number of hydrogen-bond acceptors (Lipinski definition) is 5. The topological polar surface area (TPSA) is 87.9 Å². The van der Waals surface area contributed by atoms with Gasteiger partial charge in [-0.3, -0.25) is 4.79 Å². The van der Waals surface area contributed by atoms with Crippen molar-refractivity contribution in [1.82, 2.24) is 25.0 Å². The Bertz CT molecular complexity index is 1010. The molecule has 0 bridgehead atoms. The van der Waals surface area contributed by atoms with Crippen molar-refractivity contribution >= 4 is 5.91 Å². The number of aromatic amines is 1. The van der Waals surface area contributed by atoms with Crippen LogP contribution >= 0.6 is 0 Å². The average Bonchev–Trinajstić information content (AvgIpc) is 3.37. The van der Waals surface area contributed by atoms with Gasteiger partial charge in [0.15, 0.2) is 5.82 Å². The van der Waals surface area contributed by atoms with Gasteiger partial charge in [-0.15, -0.1) is 0 Å². The molecule has 4 rings (SSSR count). The third-order valence-corrected chi connectivity index (χ3v) is 4.73. The van der Waals surface area contributed by atoms with E-state index in [9.17, 15) is 22.4 Å². The van der Waals surface area contributed by atoms with Gasteiger partial charge in [-0.2, -0.15) is 22.5 Å². The van der Waals surface area contributed by atoms with Crippen LogP contribution in [0.1, 0.15) is 40.5 Å². The first-order chi connectivity index (χ1) is 13.8. The summed E-state index contributed by atoms with van der Waals surface area (Å²) in [6, 6.07) is 3.38. The van der Waals surface area contributed by atoms with Gasteiger partial charge in [0.1, 0.15) is 5.69 Å². The minimum absolute atomic E-state index is 0.0540. The average molecular weight is 409 g/mol. The molecule has 1 unspecified atom stereocenters. The van der Waals surface area contributed by atoms with Crippen LogP contribution in [0, 0.1) is 5.95 Å². The smallest absolute Gasteiger partial charge is 0.357 e. The van der Waals surface area contributed by atoms with Gasteiger partial charge in [0.25, 0.3) is 11.8 Å². The molecule has 1 amide bonds. The lowest BCUT2D eigenvalue weighted by Crippen LogP contribution is -2.39. The number of likely N-dealkylation sites (tertiary alicyclic amines) is 1. The molecule has 3 aromatic heterocycles. The highest BCUT2D eigenvalue weighted by Gasteiger charge is 2.33. The molecule has 1 N–H and O–H groups in total. The van der Waals surface area contributed by atoms with Gasteiger partial charge in [-0.25, -0.2) is 4.98 Å². The van der Waals surface area contributed by atoms with Crippen molar-refractivity contribution in [2.75, 3.05) is 13.1 Å². The number of piperidine rings is 1. The number of carbonyl (C=O) groups excluding carboxylic acids is 1. The fourth-order valence-corrected chi connectivity index (χ4v) is 3.25. The lowest BCUT2D eigenvalue weighted by atomic mass is 9.97. The summed E-state index contributed by atoms with van der Waals surface area (Å²) in [5.74, 6) is -0.921. The van der Waals surface area contributed by atoms with E-state index in [-0.39, 0.29) is 29.0 Å². The highest BCUT2D eigenvalue weighted by molar-refractivity contribution is 5.94. The van der Waals surface area contributed by atoms with Crippen LogP contribution in [0.3, 0.4) is 0 Å². The van der Waals surface area contributed by atoms with Crippen LogP contribution < -0.4 is 0 Å². The van der Waals surface area contributed by atoms with Crippen molar-refractivity contribution in [3.63, 3.8) is 0 Å². The van der Waals surface area contributed by atoms with Gasteiger partial charge in [0.05, 0.1) is 11.1 Å². The molecule has 1 atom stereocenters. The van der Waals surface area contributed by atoms with Gasteiger partial charge in [0.2, 0.25) is 5.95 Å². The molecule has 3 aromatic rings. The zero-order valence-corrected chi connectivity index (χ0v) is 14.9. The number of nitrogens with one attached hydrogen (secondary N) is 1. The Morgan fingerprint density at radius 2 is 2.14 bits per heavy atom. The molecule has 152 valence electrons. The van der Waals surface area contributed by atoms with Gasteiger partial charge >= 0.3 is 6.18 Å². The minimum atomic E-state index is -4.48. The summed E-state index contributed by atoms with van der Waals surface area (Å²) < 4.78 is 56.3. The predicted molar refractivity (Wildman–Crippen MR) is 91.2 cm³/mol. The summed E-state index contributed by atoms with van der Waals surface area (Å²) in [5.41, 5.74) is -0.501. The van der Waals surface area contributed by atoms with Crippen molar-refractivity contribution in [3.8, 4) is 11.6 Å². The number of alkyl halides is 3. The number of nitrogens with zero attached hydrogens (tertiary/aromatic N) is 4. The molecule has 1 aliphatic rings. The first-order valence-electron chi connectivity index (χ1n) is 8.81. The Morgan fingerprint density at radius 3 is 2.83 bits per heavy atom. The van der Waals surface area contributed by atoms with E-state index in [1.54, 1.807) is 4.90 Å². The van der Waals surface area contributed by atoms with Gasteiger partial charge < -0.3 is 14.4 Å². The fourth-order valence-electron chi connectivity index (χ4n) is 3.25. The number of pyridine rings is 1. The molecule has 7 nitrogen and oxygen atoms in total. The Morgan fingerprint density at radius 1 is 1.31 bits per heavy atom. The molecule has 0 aromatic carbocycles. The van der Waals surface area contributed by atoms with Gasteiger partial charge in [0, 0.05) is 31.4 Å². The van der Waals surface area contributed by atoms with E-state index in [1.165, 1.54) is 12.3 Å². The Labute approximate surface area is 161 Å². The largest absolute Gasteiger partial charge is 0.417 e. The molecule has 4 heterocycles. The fraction of sp³-hybridized carbons (Fsp3) is 0.333. The van der Waals surface area contributed by atoms with E-state index in [0.29, 0.717) is 31.8 Å². The molecule has 0 spiro atoms. The lowest BCUT2D eigenvalue weighted by molar-refractivity contribution is -0.137. The van der Waals surface area contributed by atoms with Gasteiger partial charge in [-0.1, -0.05) is 5.16 Å². The number of rotatable bonds is 3. The molecular weight excluding hydrogens is 394 g/mol. The van der Waals surface area contributed by atoms with E-state index in [2.05, 4.69) is 20.1 Å². The Kier molecular flexibility index (Phi) is 4.81. The van der Waals surface area contributed by atoms with E-state index in [0.717, 1.165) is 18.3 Å². The zero-order chi connectivity index (χ0) is 20.6. The van der Waals surface area contributed by atoms with E-state index in [1.807, 2.05) is 0 Å². The van der Waals surface area contributed by atoms with Crippen LogP contribution in [0.5, 0.6) is 0 Å². The summed E-state index contributed by atoms with van der Waals surface area (Å²) in [6.07, 6.45) is -1.08. The molecule has 0 aliphatic carbocycles. The summed E-state index contributed by atoms with van der Waals surface area (Å²) in [6.45, 7) is 0.830. The summed E-state index contributed by atoms with van der Waals surface area (Å²) >= 11 is 0. The van der Waals surface area contributed by atoms with Crippen LogP contribution in [-0.4, -0.2) is 44.0 Å². The molecule has 1 fully saturated rings. The molecule has 11 heteroatoms. The minimum Gasteiger partial charge on any atom is -0.357 e. The van der Waals surface area contributed by atoms with E-state index < -0.39 is 17.7 Å². The maximum absolute atomic E-state index is 13.0. The molecule has 1 aliphatic heterocycles. The molecular formula is C18H15F4N5O2. The van der Waals surface area contributed by atoms with Crippen molar-refractivity contribution < 1.29 is 26.9 Å². The second kappa shape index (κ2) is 7.30. The molecule has 1 saturated heterocycles. The second-order valence-corrected chi connectivity index (χ2v) is 6.72. The van der Waals surface area contributed by atoms with Crippen molar-refractivity contribution in [1.29, 1.82) is 0 Å². The highest BCUT2D eigenvalue weighted by atomic mass is 19.4. The summed E-state index contributed by atoms with van der Waals surface area (Å²) in [5, 5.41) is 3.88. The maximum atomic E-state index is 13.0. The standard InChI is InChI=1S/C18H15F4N5O2/c19-14-4-3-10(7-24-14)17(28)27-5-1-2-11(9-27)15-25-16(29-26-15)13-6-12(8-23-13)18(20,21)22/h3-4,6-8,11,23H,1-2,5,9H2. The van der Waals surface area contributed by atoms with Crippen molar-refractivity contribution in [3.05, 3.63) is 53.5 Å². The quantitative estimate of drug-likeness (QED) is 0.527. The number of H-pyrrole nitrogens is 1. The lowest BCUT2D eigenvalue weighted by Gasteiger charge is -2.31. The molecule has 0 radical (unpaired) electrons.